The van der Waals surface area contributed by atoms with Gasteiger partial charge in [0.15, 0.2) is 0 Å². The quantitative estimate of drug-likeness (QED) is 0.906. The second-order valence-electron chi connectivity index (χ2n) is 6.67. The average Bonchev–Trinajstić information content (AvgIpc) is 3.25. The van der Waals surface area contributed by atoms with E-state index in [0.29, 0.717) is 22.6 Å². The molecule has 1 atom stereocenters. The summed E-state index contributed by atoms with van der Waals surface area (Å²) in [6.45, 7) is 2.75. The van der Waals surface area contributed by atoms with E-state index in [1.807, 2.05) is 19.1 Å². The van der Waals surface area contributed by atoms with E-state index in [1.54, 1.807) is 7.11 Å². The Bertz CT molecular complexity index is 812. The van der Waals surface area contributed by atoms with Crippen molar-refractivity contribution in [3.05, 3.63) is 23.5 Å². The average molecular weight is 326 g/mol. The highest BCUT2D eigenvalue weighted by Crippen LogP contribution is 2.38. The molecule has 2 aromatic rings. The largest absolute Gasteiger partial charge is 0.494 e. The Morgan fingerprint density at radius 2 is 2.00 bits per heavy atom. The number of hydrazone groups is 1. The van der Waals surface area contributed by atoms with Crippen LogP contribution in [0.3, 0.4) is 0 Å². The number of methoxy groups -OCH3 is 1. The van der Waals surface area contributed by atoms with E-state index in [1.165, 1.54) is 12.8 Å². The van der Waals surface area contributed by atoms with Crippen molar-refractivity contribution in [2.24, 2.45) is 5.10 Å². The Labute approximate surface area is 141 Å². The molecule has 2 heterocycles. The molecule has 6 heteroatoms. The summed E-state index contributed by atoms with van der Waals surface area (Å²) in [5.74, 6) is 1.99. The standard InChI is InChI=1S/C18H22N4O2/c1-10-14(9-19-22-10)12-7-13-16(15(8-12)24-2)20-17(21-18(13)23)11-5-3-4-6-11/h7-8,11,14,19H,3-6,9H2,1-2H3,(H,20,21,23). The van der Waals surface area contributed by atoms with Gasteiger partial charge in [-0.05, 0) is 37.5 Å². The van der Waals surface area contributed by atoms with E-state index in [-0.39, 0.29) is 11.8 Å². The van der Waals surface area contributed by atoms with Gasteiger partial charge in [-0.2, -0.15) is 10.1 Å². The van der Waals surface area contributed by atoms with Crippen molar-refractivity contribution in [3.8, 4) is 11.6 Å². The molecule has 6 nitrogen and oxygen atoms in total. The van der Waals surface area contributed by atoms with Gasteiger partial charge in [0.25, 0.3) is 0 Å². The number of nitrogens with one attached hydrogen (secondary N) is 1. The van der Waals surface area contributed by atoms with Crippen LogP contribution < -0.4 is 10.2 Å². The third kappa shape index (κ3) is 2.46. The summed E-state index contributed by atoms with van der Waals surface area (Å²) in [5, 5.41) is 15.4. The van der Waals surface area contributed by atoms with E-state index < -0.39 is 0 Å². The first-order valence-corrected chi connectivity index (χ1v) is 8.53. The minimum absolute atomic E-state index is 0.0441. The molecule has 4 rings (SSSR count). The fourth-order valence-electron chi connectivity index (χ4n) is 3.79. The summed E-state index contributed by atoms with van der Waals surface area (Å²) >= 11 is 0. The van der Waals surface area contributed by atoms with Gasteiger partial charge in [-0.1, -0.05) is 12.8 Å². The molecule has 0 bridgehead atoms. The first kappa shape index (κ1) is 15.2. The molecule has 1 fully saturated rings. The molecule has 2 aliphatic rings. The molecule has 0 saturated heterocycles. The summed E-state index contributed by atoms with van der Waals surface area (Å²) in [6, 6.07) is 3.96. The zero-order valence-electron chi connectivity index (χ0n) is 14.0. The number of fused-ring (bicyclic) bond motifs is 1. The number of hydrogen-bond acceptors (Lipinski definition) is 6. The minimum Gasteiger partial charge on any atom is -0.494 e. The molecule has 1 unspecified atom stereocenters. The summed E-state index contributed by atoms with van der Waals surface area (Å²) in [6.07, 6.45) is 4.59. The molecule has 2 N–H and O–H groups in total. The topological polar surface area (TPSA) is 79.6 Å². The van der Waals surface area contributed by atoms with Gasteiger partial charge in [0.1, 0.15) is 17.1 Å². The van der Waals surface area contributed by atoms with Crippen LogP contribution in [-0.2, 0) is 0 Å². The monoisotopic (exact) mass is 326 g/mol. The zero-order chi connectivity index (χ0) is 16.7. The Morgan fingerprint density at radius 1 is 1.21 bits per heavy atom. The smallest absolute Gasteiger partial charge is 0.222 e. The molecule has 0 radical (unpaired) electrons. The van der Waals surface area contributed by atoms with Gasteiger partial charge in [0.2, 0.25) is 5.88 Å². The number of nitrogens with zero attached hydrogens (tertiary/aromatic N) is 3. The molecular weight excluding hydrogens is 304 g/mol. The number of hydrogen-bond donors (Lipinski definition) is 2. The normalized spacial score (nSPS) is 21.1. The maximum Gasteiger partial charge on any atom is 0.222 e. The van der Waals surface area contributed by atoms with E-state index in [4.69, 9.17) is 9.72 Å². The predicted octanol–water partition coefficient (Wildman–Crippen LogP) is 3.06. The summed E-state index contributed by atoms with van der Waals surface area (Å²) < 4.78 is 5.57. The SMILES string of the molecule is COc1cc(C2CNN=C2C)cc2c(O)nc(C3CCCC3)nc12. The van der Waals surface area contributed by atoms with Crippen LogP contribution in [0.15, 0.2) is 17.2 Å². The highest BCUT2D eigenvalue weighted by Gasteiger charge is 2.25. The number of ether oxygens (including phenoxy) is 1. The predicted molar refractivity (Wildman–Crippen MR) is 92.8 cm³/mol. The van der Waals surface area contributed by atoms with Crippen LogP contribution in [0.4, 0.5) is 0 Å². The third-order valence-electron chi connectivity index (χ3n) is 5.18. The van der Waals surface area contributed by atoms with Gasteiger partial charge in [-0.25, -0.2) is 4.98 Å². The van der Waals surface area contributed by atoms with E-state index in [9.17, 15) is 5.11 Å². The second kappa shape index (κ2) is 5.92. The van der Waals surface area contributed by atoms with Crippen LogP contribution in [-0.4, -0.2) is 34.4 Å². The fraction of sp³-hybridized carbons (Fsp3) is 0.500. The molecule has 0 spiro atoms. The molecule has 1 aliphatic heterocycles. The second-order valence-corrected chi connectivity index (χ2v) is 6.67. The van der Waals surface area contributed by atoms with Crippen molar-refractivity contribution in [1.82, 2.24) is 15.4 Å². The first-order valence-electron chi connectivity index (χ1n) is 8.53. The van der Waals surface area contributed by atoms with Gasteiger partial charge < -0.3 is 15.3 Å². The molecule has 0 amide bonds. The lowest BCUT2D eigenvalue weighted by molar-refractivity contribution is 0.416. The van der Waals surface area contributed by atoms with Crippen LogP contribution >= 0.6 is 0 Å². The van der Waals surface area contributed by atoms with Crippen molar-refractivity contribution >= 4 is 16.6 Å². The van der Waals surface area contributed by atoms with Gasteiger partial charge >= 0.3 is 0 Å². The van der Waals surface area contributed by atoms with Crippen molar-refractivity contribution in [2.45, 2.75) is 44.4 Å². The molecule has 24 heavy (non-hydrogen) atoms. The zero-order valence-corrected chi connectivity index (χ0v) is 14.0. The molecule has 126 valence electrons. The Kier molecular flexibility index (Phi) is 3.75. The van der Waals surface area contributed by atoms with Crippen molar-refractivity contribution < 1.29 is 9.84 Å². The number of rotatable bonds is 3. The third-order valence-corrected chi connectivity index (χ3v) is 5.18. The molecule has 1 aromatic heterocycles. The highest BCUT2D eigenvalue weighted by molar-refractivity contribution is 5.94. The fourth-order valence-corrected chi connectivity index (χ4v) is 3.79. The van der Waals surface area contributed by atoms with Gasteiger partial charge in [0, 0.05) is 24.1 Å². The van der Waals surface area contributed by atoms with E-state index >= 15 is 0 Å². The number of aromatic nitrogens is 2. The van der Waals surface area contributed by atoms with Crippen LogP contribution in [0.2, 0.25) is 0 Å². The van der Waals surface area contributed by atoms with Crippen LogP contribution in [0.5, 0.6) is 11.6 Å². The Hall–Kier alpha value is -2.37. The van der Waals surface area contributed by atoms with Crippen LogP contribution in [0.25, 0.3) is 10.9 Å². The van der Waals surface area contributed by atoms with Gasteiger partial charge in [-0.15, -0.1) is 0 Å². The number of benzene rings is 1. The van der Waals surface area contributed by atoms with E-state index in [0.717, 1.165) is 36.5 Å². The summed E-state index contributed by atoms with van der Waals surface area (Å²) in [5.41, 5.74) is 5.79. The maximum absolute atomic E-state index is 10.5. The van der Waals surface area contributed by atoms with Gasteiger partial charge in [0.05, 0.1) is 12.5 Å². The van der Waals surface area contributed by atoms with E-state index in [2.05, 4.69) is 15.5 Å². The Balaban J connectivity index is 1.85. The molecule has 1 aliphatic carbocycles. The van der Waals surface area contributed by atoms with Crippen molar-refractivity contribution in [2.75, 3.05) is 13.7 Å². The lowest BCUT2D eigenvalue weighted by Crippen LogP contribution is -2.12. The highest BCUT2D eigenvalue weighted by atomic mass is 16.5. The Morgan fingerprint density at radius 3 is 2.67 bits per heavy atom. The summed E-state index contributed by atoms with van der Waals surface area (Å²) in [7, 11) is 1.64. The molecule has 1 aromatic carbocycles. The number of aromatic hydroxyl groups is 1. The first-order chi connectivity index (χ1) is 11.7. The minimum atomic E-state index is 0.0441. The lowest BCUT2D eigenvalue weighted by Gasteiger charge is -2.16. The molecular formula is C18H22N4O2. The molecule has 1 saturated carbocycles. The maximum atomic E-state index is 10.5. The summed E-state index contributed by atoms with van der Waals surface area (Å²) in [4.78, 5) is 9.12. The van der Waals surface area contributed by atoms with Crippen LogP contribution in [0, 0.1) is 0 Å². The van der Waals surface area contributed by atoms with Crippen LogP contribution in [0.1, 0.15) is 55.8 Å². The lowest BCUT2D eigenvalue weighted by atomic mass is 9.94. The van der Waals surface area contributed by atoms with Gasteiger partial charge in [-0.3, -0.25) is 0 Å². The van der Waals surface area contributed by atoms with Crippen molar-refractivity contribution in [1.29, 1.82) is 0 Å². The van der Waals surface area contributed by atoms with Crippen molar-refractivity contribution in [3.63, 3.8) is 0 Å².